The highest BCUT2D eigenvalue weighted by Crippen LogP contribution is 2.29. The molecule has 0 bridgehead atoms. The summed E-state index contributed by atoms with van der Waals surface area (Å²) in [4.78, 5) is 34.9. The third-order valence-corrected chi connectivity index (χ3v) is 4.05. The first-order valence-electron chi connectivity index (χ1n) is 7.94. The molecular formula is C18H15FN4O4. The van der Waals surface area contributed by atoms with Gasteiger partial charge < -0.3 is 16.0 Å². The number of nitro groups is 1. The van der Waals surface area contributed by atoms with E-state index >= 15 is 0 Å². The molecule has 1 heterocycles. The number of nitro benzene ring substituents is 1. The van der Waals surface area contributed by atoms with E-state index in [-0.39, 0.29) is 11.3 Å². The van der Waals surface area contributed by atoms with E-state index in [0.717, 1.165) is 0 Å². The van der Waals surface area contributed by atoms with Crippen LogP contribution in [0, 0.1) is 15.9 Å². The normalized spacial score (nSPS) is 16.4. The third kappa shape index (κ3) is 3.92. The van der Waals surface area contributed by atoms with Gasteiger partial charge in [-0.05, 0) is 48.9 Å². The maximum atomic E-state index is 13.0. The number of carbonyl (C=O) groups excluding carboxylic acids is 2. The lowest BCUT2D eigenvalue weighted by Gasteiger charge is -2.28. The van der Waals surface area contributed by atoms with Crippen LogP contribution in [-0.2, 0) is 4.79 Å². The fraction of sp³-hybridized carbons (Fsp3) is 0.111. The molecule has 1 aliphatic rings. The molecule has 0 saturated heterocycles. The van der Waals surface area contributed by atoms with Gasteiger partial charge in [0.25, 0.3) is 11.6 Å². The van der Waals surface area contributed by atoms with Crippen LogP contribution in [0.4, 0.5) is 20.6 Å². The van der Waals surface area contributed by atoms with E-state index in [1.807, 2.05) is 0 Å². The van der Waals surface area contributed by atoms with E-state index in [1.54, 1.807) is 6.92 Å². The lowest BCUT2D eigenvalue weighted by atomic mass is 9.94. The molecule has 1 atom stereocenters. The van der Waals surface area contributed by atoms with Crippen molar-refractivity contribution in [1.82, 2.24) is 10.6 Å². The van der Waals surface area contributed by atoms with Crippen molar-refractivity contribution < 1.29 is 18.9 Å². The number of carbonyl (C=O) groups is 2. The topological polar surface area (TPSA) is 113 Å². The Morgan fingerprint density at radius 1 is 1.15 bits per heavy atom. The van der Waals surface area contributed by atoms with Crippen LogP contribution in [0.5, 0.6) is 0 Å². The number of benzene rings is 2. The smallest absolute Gasteiger partial charge is 0.319 e. The van der Waals surface area contributed by atoms with E-state index in [9.17, 15) is 24.1 Å². The van der Waals surface area contributed by atoms with Crippen molar-refractivity contribution in [2.24, 2.45) is 0 Å². The minimum Gasteiger partial charge on any atom is -0.327 e. The van der Waals surface area contributed by atoms with Crippen molar-refractivity contribution in [2.75, 3.05) is 5.32 Å². The van der Waals surface area contributed by atoms with Crippen LogP contribution in [0.1, 0.15) is 18.5 Å². The minimum atomic E-state index is -0.792. The second kappa shape index (κ2) is 7.24. The van der Waals surface area contributed by atoms with Crippen LogP contribution in [0.3, 0.4) is 0 Å². The number of anilines is 1. The fourth-order valence-corrected chi connectivity index (χ4v) is 2.77. The van der Waals surface area contributed by atoms with Gasteiger partial charge in [-0.3, -0.25) is 14.9 Å². The zero-order valence-corrected chi connectivity index (χ0v) is 14.2. The van der Waals surface area contributed by atoms with Gasteiger partial charge in [0.2, 0.25) is 0 Å². The van der Waals surface area contributed by atoms with E-state index in [0.29, 0.717) is 16.9 Å². The molecule has 1 aliphatic heterocycles. The molecule has 9 heteroatoms. The largest absolute Gasteiger partial charge is 0.327 e. The minimum absolute atomic E-state index is 0.1000. The van der Waals surface area contributed by atoms with Gasteiger partial charge in [-0.2, -0.15) is 0 Å². The van der Waals surface area contributed by atoms with Crippen LogP contribution in [0.15, 0.2) is 59.8 Å². The number of hydrogen-bond acceptors (Lipinski definition) is 4. The summed E-state index contributed by atoms with van der Waals surface area (Å²) in [5.74, 6) is -0.922. The van der Waals surface area contributed by atoms with Crippen LogP contribution in [0.2, 0.25) is 0 Å². The highest BCUT2D eigenvalue weighted by atomic mass is 19.1. The Hall–Kier alpha value is -3.75. The Morgan fingerprint density at radius 3 is 2.37 bits per heavy atom. The number of non-ortho nitro benzene ring substituents is 1. The van der Waals surface area contributed by atoms with Gasteiger partial charge in [0.15, 0.2) is 0 Å². The fourth-order valence-electron chi connectivity index (χ4n) is 2.77. The van der Waals surface area contributed by atoms with Crippen LogP contribution in [-0.4, -0.2) is 16.9 Å². The Morgan fingerprint density at radius 2 is 1.78 bits per heavy atom. The van der Waals surface area contributed by atoms with Crippen LogP contribution < -0.4 is 16.0 Å². The van der Waals surface area contributed by atoms with Gasteiger partial charge >= 0.3 is 6.03 Å². The lowest BCUT2D eigenvalue weighted by molar-refractivity contribution is -0.384. The predicted octanol–water partition coefficient (Wildman–Crippen LogP) is 3.00. The quantitative estimate of drug-likeness (QED) is 0.567. The van der Waals surface area contributed by atoms with E-state index in [1.165, 1.54) is 48.5 Å². The molecule has 0 fully saturated rings. The lowest BCUT2D eigenvalue weighted by Crippen LogP contribution is -2.45. The molecule has 0 spiro atoms. The summed E-state index contributed by atoms with van der Waals surface area (Å²) >= 11 is 0. The predicted molar refractivity (Wildman–Crippen MR) is 95.2 cm³/mol. The second-order valence-electron chi connectivity index (χ2n) is 5.88. The number of urea groups is 1. The molecule has 27 heavy (non-hydrogen) atoms. The van der Waals surface area contributed by atoms with Gasteiger partial charge in [0.1, 0.15) is 5.82 Å². The average molecular weight is 370 g/mol. The first-order chi connectivity index (χ1) is 12.8. The first-order valence-corrected chi connectivity index (χ1v) is 7.94. The van der Waals surface area contributed by atoms with Crippen molar-refractivity contribution in [3.8, 4) is 0 Å². The number of allylic oxidation sites excluding steroid dienone is 1. The average Bonchev–Trinajstić information content (AvgIpc) is 2.63. The second-order valence-corrected chi connectivity index (χ2v) is 5.88. The SMILES string of the molecule is CC1=C(C(=O)Nc2ccc(F)cc2)[C@H](c2ccc([N+](=O)[O-])cc2)NC(=O)N1. The third-order valence-electron chi connectivity index (χ3n) is 4.05. The van der Waals surface area contributed by atoms with E-state index < -0.39 is 28.7 Å². The van der Waals surface area contributed by atoms with Gasteiger partial charge in [-0.1, -0.05) is 0 Å². The van der Waals surface area contributed by atoms with Crippen molar-refractivity contribution in [2.45, 2.75) is 13.0 Å². The molecule has 138 valence electrons. The summed E-state index contributed by atoms with van der Waals surface area (Å²) in [6.45, 7) is 1.58. The summed E-state index contributed by atoms with van der Waals surface area (Å²) in [5.41, 5.74) is 1.40. The summed E-state index contributed by atoms with van der Waals surface area (Å²) in [6, 6.07) is 9.53. The van der Waals surface area contributed by atoms with Crippen molar-refractivity contribution in [1.29, 1.82) is 0 Å². The van der Waals surface area contributed by atoms with Crippen molar-refractivity contribution in [3.63, 3.8) is 0 Å². The van der Waals surface area contributed by atoms with Crippen LogP contribution in [0.25, 0.3) is 0 Å². The molecule has 3 amide bonds. The standard InChI is InChI=1S/C18H15FN4O4/c1-10-15(17(24)21-13-6-4-12(19)5-7-13)16(22-18(25)20-10)11-2-8-14(9-3-11)23(26)27/h2-9,16H,1H3,(H,21,24)(H2,20,22,25)/t16-/m0/s1. The number of hydrogen-bond donors (Lipinski definition) is 3. The van der Waals surface area contributed by atoms with Crippen molar-refractivity contribution >= 4 is 23.3 Å². The molecule has 8 nitrogen and oxygen atoms in total. The summed E-state index contributed by atoms with van der Waals surface area (Å²) in [6.07, 6.45) is 0. The molecule has 2 aromatic carbocycles. The Balaban J connectivity index is 1.92. The highest BCUT2D eigenvalue weighted by molar-refractivity contribution is 6.06. The maximum Gasteiger partial charge on any atom is 0.319 e. The molecule has 0 aromatic heterocycles. The zero-order valence-electron chi connectivity index (χ0n) is 14.2. The molecule has 0 aliphatic carbocycles. The number of nitrogens with one attached hydrogen (secondary N) is 3. The molecule has 2 aromatic rings. The molecule has 0 unspecified atom stereocenters. The summed E-state index contributed by atoms with van der Waals surface area (Å²) in [5, 5.41) is 18.6. The number of nitrogens with zero attached hydrogens (tertiary/aromatic N) is 1. The Bertz CT molecular complexity index is 939. The summed E-state index contributed by atoms with van der Waals surface area (Å²) in [7, 11) is 0. The number of halogens is 1. The molecule has 3 N–H and O–H groups in total. The number of amides is 3. The highest BCUT2D eigenvalue weighted by Gasteiger charge is 2.31. The Kier molecular flexibility index (Phi) is 4.84. The molecule has 0 saturated carbocycles. The summed E-state index contributed by atoms with van der Waals surface area (Å²) < 4.78 is 13.0. The van der Waals surface area contributed by atoms with E-state index in [4.69, 9.17) is 0 Å². The van der Waals surface area contributed by atoms with Crippen molar-refractivity contribution in [3.05, 3.63) is 81.3 Å². The van der Waals surface area contributed by atoms with Gasteiger partial charge in [-0.25, -0.2) is 9.18 Å². The molecule has 0 radical (unpaired) electrons. The Labute approximate surface area is 153 Å². The zero-order chi connectivity index (χ0) is 19.6. The van der Waals surface area contributed by atoms with Crippen LogP contribution >= 0.6 is 0 Å². The van der Waals surface area contributed by atoms with Gasteiger partial charge in [0.05, 0.1) is 16.5 Å². The molecular weight excluding hydrogens is 355 g/mol. The monoisotopic (exact) mass is 370 g/mol. The number of rotatable bonds is 4. The van der Waals surface area contributed by atoms with Gasteiger partial charge in [0, 0.05) is 23.5 Å². The maximum absolute atomic E-state index is 13.0. The van der Waals surface area contributed by atoms with E-state index in [2.05, 4.69) is 16.0 Å². The first kappa shape index (κ1) is 18.1. The molecule has 3 rings (SSSR count). The van der Waals surface area contributed by atoms with Gasteiger partial charge in [-0.15, -0.1) is 0 Å².